The van der Waals surface area contributed by atoms with E-state index in [1.54, 1.807) is 11.3 Å². The molecule has 0 unspecified atom stereocenters. The average molecular weight is 264 g/mol. The largest absolute Gasteiger partial charge is 0.270 e. The first-order valence-corrected chi connectivity index (χ1v) is 6.63. The Morgan fingerprint density at radius 2 is 2.18 bits per heavy atom. The van der Waals surface area contributed by atoms with Crippen molar-refractivity contribution in [2.75, 3.05) is 0 Å². The summed E-state index contributed by atoms with van der Waals surface area (Å²) in [7, 11) is 0. The van der Waals surface area contributed by atoms with Crippen LogP contribution in [0.2, 0.25) is 5.28 Å². The van der Waals surface area contributed by atoms with E-state index in [0.29, 0.717) is 5.28 Å². The Labute approximate surface area is 108 Å². The van der Waals surface area contributed by atoms with Crippen molar-refractivity contribution in [1.29, 1.82) is 0 Å². The Morgan fingerprint density at radius 1 is 1.29 bits per heavy atom. The number of hydrogen-bond acceptors (Lipinski definition) is 3. The molecule has 0 amide bonds. The molecule has 0 N–H and O–H groups in total. The van der Waals surface area contributed by atoms with Crippen molar-refractivity contribution in [2.45, 2.75) is 13.3 Å². The molecule has 2 aromatic heterocycles. The van der Waals surface area contributed by atoms with E-state index in [1.807, 2.05) is 17.6 Å². The van der Waals surface area contributed by atoms with Crippen molar-refractivity contribution in [3.8, 4) is 5.69 Å². The molecule has 0 radical (unpaired) electrons. The molecule has 86 valence electrons. The third kappa shape index (κ3) is 1.73. The topological polar surface area (TPSA) is 30.7 Å². The number of benzene rings is 1. The molecule has 0 aliphatic rings. The Morgan fingerprint density at radius 3 is 3.00 bits per heavy atom. The van der Waals surface area contributed by atoms with Gasteiger partial charge in [0.25, 0.3) is 0 Å². The van der Waals surface area contributed by atoms with Gasteiger partial charge in [0, 0.05) is 11.1 Å². The first-order valence-electron chi connectivity index (χ1n) is 5.37. The highest BCUT2D eigenvalue weighted by molar-refractivity contribution is 7.17. The van der Waals surface area contributed by atoms with Gasteiger partial charge in [-0.15, -0.1) is 21.5 Å². The highest BCUT2D eigenvalue weighted by atomic mass is 35.5. The zero-order valence-corrected chi connectivity index (χ0v) is 10.8. The number of aromatic nitrogens is 3. The minimum absolute atomic E-state index is 0.413. The van der Waals surface area contributed by atoms with Crippen molar-refractivity contribution in [1.82, 2.24) is 14.8 Å². The van der Waals surface area contributed by atoms with Gasteiger partial charge in [-0.1, -0.05) is 6.92 Å². The maximum atomic E-state index is 6.08. The van der Waals surface area contributed by atoms with Crippen LogP contribution in [0.15, 0.2) is 29.6 Å². The summed E-state index contributed by atoms with van der Waals surface area (Å²) in [5.74, 6) is 0.879. The van der Waals surface area contributed by atoms with Crippen LogP contribution in [0.1, 0.15) is 12.7 Å². The highest BCUT2D eigenvalue weighted by Crippen LogP contribution is 2.25. The summed E-state index contributed by atoms with van der Waals surface area (Å²) in [6.45, 7) is 2.04. The van der Waals surface area contributed by atoms with Crippen molar-refractivity contribution in [3.05, 3.63) is 40.8 Å². The molecule has 0 aliphatic heterocycles. The van der Waals surface area contributed by atoms with Crippen LogP contribution in [0, 0.1) is 0 Å². The van der Waals surface area contributed by atoms with Crippen LogP contribution >= 0.6 is 22.9 Å². The Balaban J connectivity index is 2.22. The van der Waals surface area contributed by atoms with Gasteiger partial charge in [0.15, 0.2) is 0 Å². The number of halogens is 1. The predicted molar refractivity (Wildman–Crippen MR) is 71.1 cm³/mol. The van der Waals surface area contributed by atoms with Gasteiger partial charge in [0.2, 0.25) is 5.28 Å². The molecule has 0 saturated heterocycles. The van der Waals surface area contributed by atoms with E-state index >= 15 is 0 Å². The first kappa shape index (κ1) is 10.7. The molecule has 0 atom stereocenters. The van der Waals surface area contributed by atoms with Crippen LogP contribution in [0.4, 0.5) is 0 Å². The summed E-state index contributed by atoms with van der Waals surface area (Å²) in [5, 5.41) is 11.7. The Bertz CT molecular complexity index is 671. The van der Waals surface area contributed by atoms with Crippen molar-refractivity contribution in [3.63, 3.8) is 0 Å². The highest BCUT2D eigenvalue weighted by Gasteiger charge is 2.10. The molecule has 2 heterocycles. The monoisotopic (exact) mass is 263 g/mol. The molecular formula is C12H10ClN3S. The van der Waals surface area contributed by atoms with E-state index < -0.39 is 0 Å². The Hall–Kier alpha value is -1.39. The lowest BCUT2D eigenvalue weighted by atomic mass is 10.2. The number of aryl methyl sites for hydroxylation is 1. The fourth-order valence-electron chi connectivity index (χ4n) is 1.87. The van der Waals surface area contributed by atoms with Gasteiger partial charge in [-0.3, -0.25) is 4.57 Å². The van der Waals surface area contributed by atoms with Crippen LogP contribution < -0.4 is 0 Å². The molecule has 17 heavy (non-hydrogen) atoms. The van der Waals surface area contributed by atoms with Gasteiger partial charge >= 0.3 is 0 Å². The smallest absolute Gasteiger partial charge is 0.229 e. The van der Waals surface area contributed by atoms with Gasteiger partial charge in [-0.25, -0.2) is 0 Å². The Kier molecular flexibility index (Phi) is 2.61. The molecule has 0 saturated carbocycles. The summed E-state index contributed by atoms with van der Waals surface area (Å²) in [6.07, 6.45) is 0.807. The van der Waals surface area contributed by atoms with E-state index in [1.165, 1.54) is 10.1 Å². The summed E-state index contributed by atoms with van der Waals surface area (Å²) < 4.78 is 3.16. The third-order valence-corrected chi connectivity index (χ3v) is 3.84. The van der Waals surface area contributed by atoms with Gasteiger partial charge in [-0.2, -0.15) is 0 Å². The maximum absolute atomic E-state index is 6.08. The molecule has 3 nitrogen and oxygen atoms in total. The SMILES string of the molecule is CCc1nnc(Cl)n1-c1ccc2sccc2c1. The summed E-state index contributed by atoms with van der Waals surface area (Å²) in [5.41, 5.74) is 1.02. The van der Waals surface area contributed by atoms with E-state index in [2.05, 4.69) is 33.8 Å². The molecular weight excluding hydrogens is 254 g/mol. The molecule has 0 bridgehead atoms. The fraction of sp³-hybridized carbons (Fsp3) is 0.167. The van der Waals surface area contributed by atoms with Crippen LogP contribution in [0.5, 0.6) is 0 Å². The van der Waals surface area contributed by atoms with Crippen LogP contribution in [-0.4, -0.2) is 14.8 Å². The number of hydrogen-bond donors (Lipinski definition) is 0. The van der Waals surface area contributed by atoms with Crippen molar-refractivity contribution in [2.24, 2.45) is 0 Å². The lowest BCUT2D eigenvalue weighted by Gasteiger charge is -2.06. The lowest BCUT2D eigenvalue weighted by molar-refractivity contribution is 0.884. The summed E-state index contributed by atoms with van der Waals surface area (Å²) >= 11 is 7.81. The van der Waals surface area contributed by atoms with E-state index in [4.69, 9.17) is 11.6 Å². The predicted octanol–water partition coefficient (Wildman–Crippen LogP) is 3.70. The number of nitrogens with zero attached hydrogens (tertiary/aromatic N) is 3. The second-order valence-corrected chi connectivity index (χ2v) is 5.00. The van der Waals surface area contributed by atoms with Gasteiger partial charge in [-0.05, 0) is 46.6 Å². The van der Waals surface area contributed by atoms with Gasteiger partial charge < -0.3 is 0 Å². The molecule has 1 aromatic carbocycles. The zero-order chi connectivity index (χ0) is 11.8. The summed E-state index contributed by atoms with van der Waals surface area (Å²) in [6, 6.07) is 8.37. The standard InChI is InChI=1S/C12H10ClN3S/c1-2-11-14-15-12(13)16(11)9-3-4-10-8(7-9)5-6-17-10/h3-7H,2H2,1H3. The first-order chi connectivity index (χ1) is 8.29. The second-order valence-electron chi connectivity index (χ2n) is 3.72. The average Bonchev–Trinajstić information content (AvgIpc) is 2.93. The molecule has 3 aromatic rings. The third-order valence-electron chi connectivity index (χ3n) is 2.70. The van der Waals surface area contributed by atoms with Gasteiger partial charge in [0.05, 0.1) is 5.69 Å². The quantitative estimate of drug-likeness (QED) is 0.706. The van der Waals surface area contributed by atoms with Crippen LogP contribution in [0.25, 0.3) is 15.8 Å². The van der Waals surface area contributed by atoms with E-state index in [9.17, 15) is 0 Å². The number of rotatable bonds is 2. The minimum atomic E-state index is 0.413. The molecule has 3 rings (SSSR count). The minimum Gasteiger partial charge on any atom is -0.270 e. The van der Waals surface area contributed by atoms with Crippen molar-refractivity contribution < 1.29 is 0 Å². The maximum Gasteiger partial charge on any atom is 0.229 e. The molecule has 0 fully saturated rings. The van der Waals surface area contributed by atoms with Crippen LogP contribution in [-0.2, 0) is 6.42 Å². The lowest BCUT2D eigenvalue weighted by Crippen LogP contribution is -1.99. The molecule has 5 heteroatoms. The molecule has 0 spiro atoms. The van der Waals surface area contributed by atoms with E-state index in [0.717, 1.165) is 17.9 Å². The van der Waals surface area contributed by atoms with Crippen molar-refractivity contribution >= 4 is 33.0 Å². The zero-order valence-electron chi connectivity index (χ0n) is 9.22. The molecule has 0 aliphatic carbocycles. The van der Waals surface area contributed by atoms with Gasteiger partial charge in [0.1, 0.15) is 5.82 Å². The van der Waals surface area contributed by atoms with E-state index in [-0.39, 0.29) is 0 Å². The summed E-state index contributed by atoms with van der Waals surface area (Å²) in [4.78, 5) is 0. The normalized spacial score (nSPS) is 11.2. The fourth-order valence-corrected chi connectivity index (χ4v) is 2.88. The second kappa shape index (κ2) is 4.13. The number of thiophene rings is 1. The number of fused-ring (bicyclic) bond motifs is 1. The van der Waals surface area contributed by atoms with Crippen LogP contribution in [0.3, 0.4) is 0 Å².